The number of anilines is 1. The van der Waals surface area contributed by atoms with E-state index in [-0.39, 0.29) is 24.6 Å². The quantitative estimate of drug-likeness (QED) is 0.258. The highest BCUT2D eigenvalue weighted by atomic mass is 32.1. The minimum Gasteiger partial charge on any atom is -0.497 e. The predicted molar refractivity (Wildman–Crippen MR) is 134 cm³/mol. The van der Waals surface area contributed by atoms with Crippen molar-refractivity contribution in [3.8, 4) is 17.1 Å². The number of ether oxygens (including phenoxy) is 1. The van der Waals surface area contributed by atoms with Gasteiger partial charge in [-0.05, 0) is 35.9 Å². The summed E-state index contributed by atoms with van der Waals surface area (Å²) in [5.74, 6) is 0.971. The molecule has 0 spiro atoms. The average Bonchev–Trinajstić information content (AvgIpc) is 3.53. The SMILES string of the molecule is COc1ccc2nc(N(Cc3ccccc3)C(=O)CCc3ncc(-c4ccccc4F)o3)sc2c1. The van der Waals surface area contributed by atoms with Gasteiger partial charge in [0.2, 0.25) is 5.91 Å². The zero-order chi connectivity index (χ0) is 24.2. The number of oxazole rings is 1. The third kappa shape index (κ3) is 5.07. The van der Waals surface area contributed by atoms with Crippen LogP contribution in [0.15, 0.2) is 83.4 Å². The number of fused-ring (bicyclic) bond motifs is 1. The number of halogens is 1. The summed E-state index contributed by atoms with van der Waals surface area (Å²) in [6.45, 7) is 0.392. The highest BCUT2D eigenvalue weighted by Gasteiger charge is 2.21. The monoisotopic (exact) mass is 487 g/mol. The molecule has 0 aliphatic heterocycles. The van der Waals surface area contributed by atoms with Crippen molar-refractivity contribution >= 4 is 32.6 Å². The number of carbonyl (C=O) groups is 1. The summed E-state index contributed by atoms with van der Waals surface area (Å²) >= 11 is 1.44. The number of hydrogen-bond acceptors (Lipinski definition) is 6. The van der Waals surface area contributed by atoms with Crippen LogP contribution in [-0.2, 0) is 17.8 Å². The number of nitrogens with zero attached hydrogens (tertiary/aromatic N) is 3. The molecular formula is C27H22FN3O3S. The first-order valence-electron chi connectivity index (χ1n) is 11.1. The summed E-state index contributed by atoms with van der Waals surface area (Å²) in [5.41, 5.74) is 2.14. The number of hydrogen-bond donors (Lipinski definition) is 0. The molecule has 0 bridgehead atoms. The molecule has 0 saturated carbocycles. The molecule has 0 radical (unpaired) electrons. The number of methoxy groups -OCH3 is 1. The maximum atomic E-state index is 14.1. The first-order valence-corrected chi connectivity index (χ1v) is 11.9. The smallest absolute Gasteiger partial charge is 0.229 e. The zero-order valence-corrected chi connectivity index (χ0v) is 19.8. The van der Waals surface area contributed by atoms with E-state index < -0.39 is 0 Å². The van der Waals surface area contributed by atoms with Crippen LogP contribution in [0.1, 0.15) is 17.9 Å². The molecular weight excluding hydrogens is 465 g/mol. The Kier molecular flexibility index (Phi) is 6.54. The molecule has 0 fully saturated rings. The van der Waals surface area contributed by atoms with Gasteiger partial charge in [-0.2, -0.15) is 0 Å². The van der Waals surface area contributed by atoms with Gasteiger partial charge >= 0.3 is 0 Å². The van der Waals surface area contributed by atoms with Crippen molar-refractivity contribution < 1.29 is 18.3 Å². The molecule has 35 heavy (non-hydrogen) atoms. The van der Waals surface area contributed by atoms with Crippen molar-refractivity contribution in [3.63, 3.8) is 0 Å². The van der Waals surface area contributed by atoms with E-state index in [0.717, 1.165) is 21.5 Å². The fourth-order valence-electron chi connectivity index (χ4n) is 3.72. The van der Waals surface area contributed by atoms with Crippen LogP contribution in [0, 0.1) is 5.82 Å². The highest BCUT2D eigenvalue weighted by molar-refractivity contribution is 7.22. The molecule has 0 saturated heterocycles. The number of rotatable bonds is 8. The lowest BCUT2D eigenvalue weighted by atomic mass is 10.2. The van der Waals surface area contributed by atoms with Crippen molar-refractivity contribution in [1.82, 2.24) is 9.97 Å². The molecule has 2 heterocycles. The lowest BCUT2D eigenvalue weighted by Gasteiger charge is -2.19. The second kappa shape index (κ2) is 10.1. The number of carbonyl (C=O) groups excluding carboxylic acids is 1. The normalized spacial score (nSPS) is 11.0. The van der Waals surface area contributed by atoms with E-state index >= 15 is 0 Å². The van der Waals surface area contributed by atoms with Crippen molar-refractivity contribution in [2.45, 2.75) is 19.4 Å². The minimum atomic E-state index is -0.382. The average molecular weight is 488 g/mol. The van der Waals surface area contributed by atoms with Gasteiger partial charge in [-0.15, -0.1) is 0 Å². The third-order valence-corrected chi connectivity index (χ3v) is 6.59. The van der Waals surface area contributed by atoms with Crippen LogP contribution in [0.2, 0.25) is 0 Å². The van der Waals surface area contributed by atoms with Crippen LogP contribution in [0.3, 0.4) is 0 Å². The van der Waals surface area contributed by atoms with Crippen LogP contribution in [0.25, 0.3) is 21.5 Å². The Morgan fingerprint density at radius 2 is 1.89 bits per heavy atom. The lowest BCUT2D eigenvalue weighted by molar-refractivity contribution is -0.118. The van der Waals surface area contributed by atoms with Gasteiger partial charge in [0, 0.05) is 12.8 Å². The van der Waals surface area contributed by atoms with E-state index in [2.05, 4.69) is 4.98 Å². The molecule has 6 nitrogen and oxygen atoms in total. The highest BCUT2D eigenvalue weighted by Crippen LogP contribution is 2.33. The fraction of sp³-hybridized carbons (Fsp3) is 0.148. The topological polar surface area (TPSA) is 68.5 Å². The number of aromatic nitrogens is 2. The Morgan fingerprint density at radius 3 is 2.69 bits per heavy atom. The molecule has 5 aromatic rings. The minimum absolute atomic E-state index is 0.106. The van der Waals surface area contributed by atoms with E-state index in [9.17, 15) is 9.18 Å². The van der Waals surface area contributed by atoms with Crippen molar-refractivity contribution in [3.05, 3.63) is 96.3 Å². The Morgan fingerprint density at radius 1 is 1.09 bits per heavy atom. The molecule has 0 aliphatic carbocycles. The number of aryl methyl sites for hydroxylation is 1. The summed E-state index contributed by atoms with van der Waals surface area (Å²) in [6, 6.07) is 21.8. The molecule has 5 rings (SSSR count). The lowest BCUT2D eigenvalue weighted by Crippen LogP contribution is -2.30. The summed E-state index contributed by atoms with van der Waals surface area (Å²) in [4.78, 5) is 24.0. The molecule has 1 amide bonds. The fourth-order valence-corrected chi connectivity index (χ4v) is 4.73. The summed E-state index contributed by atoms with van der Waals surface area (Å²) in [7, 11) is 1.62. The van der Waals surface area contributed by atoms with Gasteiger partial charge in [-0.25, -0.2) is 14.4 Å². The van der Waals surface area contributed by atoms with Crippen LogP contribution in [0.5, 0.6) is 5.75 Å². The molecule has 2 aromatic heterocycles. The molecule has 8 heteroatoms. The van der Waals surface area contributed by atoms with E-state index in [1.54, 1.807) is 30.2 Å². The van der Waals surface area contributed by atoms with Crippen molar-refractivity contribution in [2.24, 2.45) is 0 Å². The van der Waals surface area contributed by atoms with Gasteiger partial charge in [-0.3, -0.25) is 9.69 Å². The summed E-state index contributed by atoms with van der Waals surface area (Å²) in [6.07, 6.45) is 1.95. The Balaban J connectivity index is 1.37. The molecule has 176 valence electrons. The van der Waals surface area contributed by atoms with Gasteiger partial charge < -0.3 is 9.15 Å². The maximum Gasteiger partial charge on any atom is 0.229 e. The Bertz CT molecular complexity index is 1470. The summed E-state index contributed by atoms with van der Waals surface area (Å²) < 4.78 is 26.1. The van der Waals surface area contributed by atoms with E-state index in [1.165, 1.54) is 23.6 Å². The van der Waals surface area contributed by atoms with Crippen LogP contribution >= 0.6 is 11.3 Å². The Labute approximate surface area is 205 Å². The van der Waals surface area contributed by atoms with Crippen LogP contribution < -0.4 is 9.64 Å². The van der Waals surface area contributed by atoms with Crippen molar-refractivity contribution in [1.29, 1.82) is 0 Å². The summed E-state index contributed by atoms with van der Waals surface area (Å²) in [5, 5.41) is 0.613. The predicted octanol–water partition coefficient (Wildman–Crippen LogP) is 6.27. The van der Waals surface area contributed by atoms with Gasteiger partial charge in [0.1, 0.15) is 11.6 Å². The van der Waals surface area contributed by atoms with Gasteiger partial charge in [0.25, 0.3) is 0 Å². The molecule has 0 aliphatic rings. The number of thiazole rings is 1. The van der Waals surface area contributed by atoms with E-state index in [1.807, 2.05) is 48.5 Å². The van der Waals surface area contributed by atoms with Gasteiger partial charge in [0.05, 0.1) is 35.6 Å². The first-order chi connectivity index (χ1) is 17.1. The number of amides is 1. The second-order valence-corrected chi connectivity index (χ2v) is 8.90. The zero-order valence-electron chi connectivity index (χ0n) is 19.0. The molecule has 0 unspecified atom stereocenters. The van der Waals surface area contributed by atoms with Crippen LogP contribution in [0.4, 0.5) is 9.52 Å². The molecule has 0 N–H and O–H groups in total. The van der Waals surface area contributed by atoms with Crippen LogP contribution in [-0.4, -0.2) is 23.0 Å². The maximum absolute atomic E-state index is 14.1. The largest absolute Gasteiger partial charge is 0.497 e. The Hall–Kier alpha value is -4.04. The number of benzene rings is 3. The molecule has 0 atom stereocenters. The third-order valence-electron chi connectivity index (χ3n) is 5.55. The standard InChI is InChI=1S/C27H22FN3O3S/c1-33-19-11-12-22-24(15-19)35-27(30-22)31(17-18-7-3-2-4-8-18)26(32)14-13-25-29-16-23(34-25)20-9-5-6-10-21(20)28/h2-12,15-16H,13-14,17H2,1H3. The van der Waals surface area contributed by atoms with E-state index in [0.29, 0.717) is 28.9 Å². The van der Waals surface area contributed by atoms with E-state index in [4.69, 9.17) is 14.1 Å². The van der Waals surface area contributed by atoms with Gasteiger partial charge in [-0.1, -0.05) is 53.8 Å². The first kappa shape index (κ1) is 22.7. The molecule has 3 aromatic carbocycles. The van der Waals surface area contributed by atoms with Gasteiger partial charge in [0.15, 0.2) is 16.8 Å². The van der Waals surface area contributed by atoms with Crippen molar-refractivity contribution in [2.75, 3.05) is 12.0 Å². The second-order valence-electron chi connectivity index (χ2n) is 7.89.